The first-order valence-corrected chi connectivity index (χ1v) is 9.36. The Hall–Kier alpha value is -2.26. The number of aromatic nitrogens is 5. The summed E-state index contributed by atoms with van der Waals surface area (Å²) >= 11 is 2.84. The molecule has 130 valence electrons. The number of rotatable bonds is 5. The molecule has 0 saturated heterocycles. The molecule has 1 atom stereocenters. The minimum Gasteiger partial charge on any atom is -0.305 e. The highest BCUT2D eigenvalue weighted by molar-refractivity contribution is 8.00. The SMILES string of the molecule is Cc1nc(NC(=O)[C@@H](C)Sc2nnc(-c3cccnc3)n2C)sc1C. The van der Waals surface area contributed by atoms with Gasteiger partial charge in [-0.05, 0) is 32.9 Å². The summed E-state index contributed by atoms with van der Waals surface area (Å²) in [5.41, 5.74) is 1.82. The van der Waals surface area contributed by atoms with Crippen LogP contribution in [0.5, 0.6) is 0 Å². The van der Waals surface area contributed by atoms with Gasteiger partial charge in [0.2, 0.25) is 5.91 Å². The maximum atomic E-state index is 12.4. The van der Waals surface area contributed by atoms with Gasteiger partial charge in [-0.2, -0.15) is 0 Å². The van der Waals surface area contributed by atoms with E-state index in [0.717, 1.165) is 22.0 Å². The van der Waals surface area contributed by atoms with E-state index in [0.29, 0.717) is 10.3 Å². The highest BCUT2D eigenvalue weighted by Gasteiger charge is 2.20. The Labute approximate surface area is 153 Å². The summed E-state index contributed by atoms with van der Waals surface area (Å²) in [6.07, 6.45) is 3.45. The molecule has 0 aliphatic rings. The quantitative estimate of drug-likeness (QED) is 0.691. The lowest BCUT2D eigenvalue weighted by Gasteiger charge is -2.10. The number of thioether (sulfide) groups is 1. The standard InChI is InChI=1S/C16H18N6OS2/c1-9-10(2)24-15(18-9)19-14(23)11(3)25-16-21-20-13(22(16)4)12-6-5-7-17-8-12/h5-8,11H,1-4H3,(H,18,19,23)/t11-/m1/s1. The summed E-state index contributed by atoms with van der Waals surface area (Å²) in [4.78, 5) is 21.9. The third-order valence-electron chi connectivity index (χ3n) is 3.66. The van der Waals surface area contributed by atoms with Crippen LogP contribution in [0.3, 0.4) is 0 Å². The van der Waals surface area contributed by atoms with E-state index in [1.165, 1.54) is 23.1 Å². The molecule has 3 aromatic rings. The largest absolute Gasteiger partial charge is 0.305 e. The number of carbonyl (C=O) groups is 1. The highest BCUT2D eigenvalue weighted by Crippen LogP contribution is 2.27. The van der Waals surface area contributed by atoms with Gasteiger partial charge in [-0.25, -0.2) is 4.98 Å². The number of hydrogen-bond donors (Lipinski definition) is 1. The monoisotopic (exact) mass is 374 g/mol. The molecule has 0 aromatic carbocycles. The molecular formula is C16H18N6OS2. The molecule has 3 rings (SSSR count). The fourth-order valence-corrected chi connectivity index (χ4v) is 3.74. The molecule has 25 heavy (non-hydrogen) atoms. The number of nitrogens with zero attached hydrogens (tertiary/aromatic N) is 5. The van der Waals surface area contributed by atoms with Crippen LogP contribution in [-0.4, -0.2) is 35.9 Å². The van der Waals surface area contributed by atoms with E-state index in [4.69, 9.17) is 0 Å². The van der Waals surface area contributed by atoms with E-state index in [9.17, 15) is 4.79 Å². The number of pyridine rings is 1. The van der Waals surface area contributed by atoms with Crippen LogP contribution < -0.4 is 5.32 Å². The lowest BCUT2D eigenvalue weighted by Crippen LogP contribution is -2.22. The summed E-state index contributed by atoms with van der Waals surface area (Å²) in [5.74, 6) is 0.610. The molecule has 0 aliphatic carbocycles. The number of amides is 1. The van der Waals surface area contributed by atoms with Crippen LogP contribution >= 0.6 is 23.1 Å². The lowest BCUT2D eigenvalue weighted by atomic mass is 10.3. The molecule has 0 aliphatic heterocycles. The summed E-state index contributed by atoms with van der Waals surface area (Å²) in [5, 5.41) is 12.2. The summed E-state index contributed by atoms with van der Waals surface area (Å²) in [6.45, 7) is 5.76. The summed E-state index contributed by atoms with van der Waals surface area (Å²) < 4.78 is 1.86. The molecule has 0 saturated carbocycles. The molecule has 0 fully saturated rings. The van der Waals surface area contributed by atoms with Gasteiger partial charge >= 0.3 is 0 Å². The average molecular weight is 374 g/mol. The fourth-order valence-electron chi connectivity index (χ4n) is 2.11. The van der Waals surface area contributed by atoms with Crippen molar-refractivity contribution in [3.63, 3.8) is 0 Å². The molecule has 0 spiro atoms. The van der Waals surface area contributed by atoms with Crippen LogP contribution in [0.15, 0.2) is 29.7 Å². The van der Waals surface area contributed by atoms with Crippen LogP contribution in [0.2, 0.25) is 0 Å². The van der Waals surface area contributed by atoms with Gasteiger partial charge in [0.05, 0.1) is 10.9 Å². The predicted octanol–water partition coefficient (Wildman–Crippen LogP) is 3.07. The Balaban J connectivity index is 1.69. The maximum Gasteiger partial charge on any atom is 0.239 e. The lowest BCUT2D eigenvalue weighted by molar-refractivity contribution is -0.115. The van der Waals surface area contributed by atoms with Crippen molar-refractivity contribution in [2.45, 2.75) is 31.2 Å². The van der Waals surface area contributed by atoms with Gasteiger partial charge in [-0.3, -0.25) is 9.78 Å². The normalized spacial score (nSPS) is 12.2. The van der Waals surface area contributed by atoms with Crippen molar-refractivity contribution < 1.29 is 4.79 Å². The van der Waals surface area contributed by atoms with E-state index >= 15 is 0 Å². The van der Waals surface area contributed by atoms with Gasteiger partial charge < -0.3 is 9.88 Å². The molecule has 3 heterocycles. The molecule has 1 N–H and O–H groups in total. The van der Waals surface area contributed by atoms with Gasteiger partial charge in [-0.15, -0.1) is 21.5 Å². The second kappa shape index (κ2) is 7.32. The van der Waals surface area contributed by atoms with Gasteiger partial charge in [0.1, 0.15) is 0 Å². The van der Waals surface area contributed by atoms with E-state index < -0.39 is 0 Å². The smallest absolute Gasteiger partial charge is 0.239 e. The highest BCUT2D eigenvalue weighted by atomic mass is 32.2. The van der Waals surface area contributed by atoms with Crippen LogP contribution in [0, 0.1) is 13.8 Å². The van der Waals surface area contributed by atoms with Crippen molar-refractivity contribution >= 4 is 34.1 Å². The van der Waals surface area contributed by atoms with Crippen LogP contribution in [0.25, 0.3) is 11.4 Å². The Kier molecular flexibility index (Phi) is 5.14. The number of nitrogens with one attached hydrogen (secondary N) is 1. The topological polar surface area (TPSA) is 85.6 Å². The van der Waals surface area contributed by atoms with Crippen molar-refractivity contribution in [2.24, 2.45) is 7.05 Å². The van der Waals surface area contributed by atoms with Crippen LogP contribution in [0.4, 0.5) is 5.13 Å². The molecule has 0 radical (unpaired) electrons. The minimum absolute atomic E-state index is 0.107. The van der Waals surface area contributed by atoms with Crippen LogP contribution in [-0.2, 0) is 11.8 Å². The molecule has 7 nitrogen and oxygen atoms in total. The number of anilines is 1. The van der Waals surface area contributed by atoms with E-state index in [1.54, 1.807) is 12.4 Å². The maximum absolute atomic E-state index is 12.4. The molecule has 0 bridgehead atoms. The fraction of sp³-hybridized carbons (Fsp3) is 0.312. The van der Waals surface area contributed by atoms with E-state index in [1.807, 2.05) is 44.5 Å². The molecule has 1 amide bonds. The van der Waals surface area contributed by atoms with Crippen molar-refractivity contribution in [3.05, 3.63) is 35.1 Å². The molecule has 0 unspecified atom stereocenters. The number of thiazole rings is 1. The van der Waals surface area contributed by atoms with E-state index in [-0.39, 0.29) is 11.2 Å². The second-order valence-electron chi connectivity index (χ2n) is 5.52. The molecule has 3 aromatic heterocycles. The average Bonchev–Trinajstić information content (AvgIpc) is 3.11. The van der Waals surface area contributed by atoms with Crippen molar-refractivity contribution in [3.8, 4) is 11.4 Å². The second-order valence-corrected chi connectivity index (χ2v) is 8.03. The Morgan fingerprint density at radius 1 is 1.36 bits per heavy atom. The zero-order chi connectivity index (χ0) is 18.0. The summed E-state index contributed by atoms with van der Waals surface area (Å²) in [6, 6.07) is 3.78. The zero-order valence-electron chi connectivity index (χ0n) is 14.3. The van der Waals surface area contributed by atoms with Gasteiger partial charge in [0, 0.05) is 29.9 Å². The van der Waals surface area contributed by atoms with E-state index in [2.05, 4.69) is 25.5 Å². The molecular weight excluding hydrogens is 356 g/mol. The Morgan fingerprint density at radius 2 is 2.16 bits per heavy atom. The predicted molar refractivity (Wildman–Crippen MR) is 99.8 cm³/mol. The number of hydrogen-bond acceptors (Lipinski definition) is 7. The zero-order valence-corrected chi connectivity index (χ0v) is 16.0. The Morgan fingerprint density at radius 3 is 2.80 bits per heavy atom. The number of carbonyl (C=O) groups excluding carboxylic acids is 1. The van der Waals surface area contributed by atoms with Crippen molar-refractivity contribution in [1.82, 2.24) is 24.7 Å². The molecule has 9 heteroatoms. The van der Waals surface area contributed by atoms with Gasteiger partial charge in [0.25, 0.3) is 0 Å². The first kappa shape index (κ1) is 17.6. The third kappa shape index (κ3) is 3.88. The first-order valence-electron chi connectivity index (χ1n) is 7.67. The first-order chi connectivity index (χ1) is 12.0. The summed E-state index contributed by atoms with van der Waals surface area (Å²) in [7, 11) is 1.88. The van der Waals surface area contributed by atoms with Crippen LogP contribution in [0.1, 0.15) is 17.5 Å². The van der Waals surface area contributed by atoms with Crippen molar-refractivity contribution in [2.75, 3.05) is 5.32 Å². The van der Waals surface area contributed by atoms with Crippen molar-refractivity contribution in [1.29, 1.82) is 0 Å². The minimum atomic E-state index is -0.325. The van der Waals surface area contributed by atoms with Gasteiger partial charge in [-0.1, -0.05) is 11.8 Å². The number of aryl methyl sites for hydroxylation is 2. The Bertz CT molecular complexity index is 870. The third-order valence-corrected chi connectivity index (χ3v) is 5.79. The van der Waals surface area contributed by atoms with Gasteiger partial charge in [0.15, 0.2) is 16.1 Å².